The minimum absolute atomic E-state index is 0.0316. The summed E-state index contributed by atoms with van der Waals surface area (Å²) in [5, 5.41) is 2.72. The van der Waals surface area contributed by atoms with E-state index in [4.69, 9.17) is 4.42 Å². The summed E-state index contributed by atoms with van der Waals surface area (Å²) in [4.78, 5) is 25.9. The summed E-state index contributed by atoms with van der Waals surface area (Å²) in [6, 6.07) is 9.41. The van der Waals surface area contributed by atoms with Gasteiger partial charge in [0, 0.05) is 23.5 Å². The summed E-state index contributed by atoms with van der Waals surface area (Å²) >= 11 is 4.06. The monoisotopic (exact) mass is 316 g/mol. The van der Waals surface area contributed by atoms with Gasteiger partial charge in [-0.1, -0.05) is 18.2 Å². The van der Waals surface area contributed by atoms with Gasteiger partial charge in [0.25, 0.3) is 5.91 Å². The molecule has 0 spiro atoms. The average Bonchev–Trinajstić information content (AvgIpc) is 3.10. The van der Waals surface area contributed by atoms with E-state index in [9.17, 15) is 9.59 Å². The maximum absolute atomic E-state index is 12.2. The second-order valence-corrected chi connectivity index (χ2v) is 5.49. The van der Waals surface area contributed by atoms with Crippen LogP contribution >= 0.6 is 12.6 Å². The van der Waals surface area contributed by atoms with Gasteiger partial charge in [-0.3, -0.25) is 9.59 Å². The summed E-state index contributed by atoms with van der Waals surface area (Å²) < 4.78 is 5.28. The van der Waals surface area contributed by atoms with Crippen LogP contribution in [0, 0.1) is 0 Å². The summed E-state index contributed by atoms with van der Waals surface area (Å²) in [6.07, 6.45) is 1.87. The predicted molar refractivity (Wildman–Crippen MR) is 86.2 cm³/mol. The number of hydrogen-bond acceptors (Lipinski definition) is 4. The van der Waals surface area contributed by atoms with Gasteiger partial charge in [0.2, 0.25) is 5.91 Å². The first-order valence-electron chi connectivity index (χ1n) is 7.04. The van der Waals surface area contributed by atoms with Gasteiger partial charge in [0.05, 0.1) is 19.2 Å². The van der Waals surface area contributed by atoms with Gasteiger partial charge in [0.1, 0.15) is 0 Å². The zero-order valence-electron chi connectivity index (χ0n) is 11.9. The van der Waals surface area contributed by atoms with Gasteiger partial charge < -0.3 is 14.6 Å². The smallest absolute Gasteiger partial charge is 0.287 e. The van der Waals surface area contributed by atoms with Crippen LogP contribution in [0.1, 0.15) is 21.7 Å². The molecule has 0 radical (unpaired) electrons. The van der Waals surface area contributed by atoms with Gasteiger partial charge >= 0.3 is 0 Å². The van der Waals surface area contributed by atoms with Crippen LogP contribution in [-0.2, 0) is 17.8 Å². The van der Waals surface area contributed by atoms with Gasteiger partial charge in [-0.25, -0.2) is 0 Å². The Hall–Kier alpha value is -2.21. The number of para-hydroxylation sites is 1. The molecule has 0 saturated carbocycles. The van der Waals surface area contributed by atoms with Crippen LogP contribution in [0.4, 0.5) is 5.69 Å². The summed E-state index contributed by atoms with van der Waals surface area (Å²) in [5.41, 5.74) is 2.61. The van der Waals surface area contributed by atoms with Crippen LogP contribution in [0.5, 0.6) is 0 Å². The lowest BCUT2D eigenvalue weighted by molar-refractivity contribution is -0.117. The number of fused-ring (bicyclic) bond motifs is 1. The average molecular weight is 316 g/mol. The van der Waals surface area contributed by atoms with Crippen LogP contribution < -0.4 is 10.2 Å². The first-order chi connectivity index (χ1) is 10.7. The maximum atomic E-state index is 12.2. The molecule has 0 saturated heterocycles. The van der Waals surface area contributed by atoms with Crippen molar-refractivity contribution in [1.82, 2.24) is 5.32 Å². The lowest BCUT2D eigenvalue weighted by Gasteiger charge is -2.17. The minimum atomic E-state index is -0.283. The van der Waals surface area contributed by atoms with E-state index in [0.717, 1.165) is 11.3 Å². The summed E-state index contributed by atoms with van der Waals surface area (Å²) in [7, 11) is 0. The number of nitrogens with zero attached hydrogens (tertiary/aromatic N) is 1. The van der Waals surface area contributed by atoms with E-state index < -0.39 is 0 Å². The third-order valence-corrected chi connectivity index (χ3v) is 3.83. The second kappa shape index (κ2) is 6.27. The SMILES string of the molecule is O=C(NCCS)c1occc1CN1C(=O)Cc2ccccc21. The fraction of sp³-hybridized carbons (Fsp3) is 0.250. The Morgan fingerprint density at radius 2 is 2.14 bits per heavy atom. The fourth-order valence-corrected chi connectivity index (χ4v) is 2.68. The van der Waals surface area contributed by atoms with Gasteiger partial charge in [-0.2, -0.15) is 12.6 Å². The first-order valence-corrected chi connectivity index (χ1v) is 7.67. The van der Waals surface area contributed by atoms with Crippen LogP contribution in [0.25, 0.3) is 0 Å². The van der Waals surface area contributed by atoms with E-state index in [1.165, 1.54) is 6.26 Å². The van der Waals surface area contributed by atoms with Crippen LogP contribution in [0.3, 0.4) is 0 Å². The van der Waals surface area contributed by atoms with Crippen molar-refractivity contribution in [3.05, 3.63) is 53.5 Å². The number of carbonyl (C=O) groups is 2. The fourth-order valence-electron chi connectivity index (χ4n) is 2.57. The number of furan rings is 1. The third-order valence-electron chi connectivity index (χ3n) is 3.60. The molecule has 2 heterocycles. The van der Waals surface area contributed by atoms with Crippen molar-refractivity contribution in [2.45, 2.75) is 13.0 Å². The normalized spacial score (nSPS) is 13.3. The highest BCUT2D eigenvalue weighted by molar-refractivity contribution is 7.80. The number of amides is 2. The number of rotatable bonds is 5. The quantitative estimate of drug-likeness (QED) is 0.830. The maximum Gasteiger partial charge on any atom is 0.287 e. The molecule has 1 aliphatic rings. The van der Waals surface area contributed by atoms with Crippen molar-refractivity contribution >= 4 is 30.1 Å². The molecule has 0 fully saturated rings. The standard InChI is InChI=1S/C16H16N2O3S/c19-14-9-11-3-1-2-4-13(11)18(14)10-12-5-7-21-15(12)16(20)17-6-8-22/h1-5,7,22H,6,8-10H2,(H,17,20). The van der Waals surface area contributed by atoms with E-state index in [2.05, 4.69) is 17.9 Å². The molecule has 114 valence electrons. The lowest BCUT2D eigenvalue weighted by Crippen LogP contribution is -2.29. The van der Waals surface area contributed by atoms with Gasteiger partial charge in [0.15, 0.2) is 5.76 Å². The molecule has 2 aromatic rings. The Balaban J connectivity index is 1.81. The highest BCUT2D eigenvalue weighted by Crippen LogP contribution is 2.30. The molecule has 0 atom stereocenters. The molecule has 1 aliphatic heterocycles. The van der Waals surface area contributed by atoms with E-state index in [1.54, 1.807) is 11.0 Å². The van der Waals surface area contributed by atoms with Crippen molar-refractivity contribution in [3.63, 3.8) is 0 Å². The molecule has 0 aliphatic carbocycles. The topological polar surface area (TPSA) is 62.6 Å². The number of thiol groups is 1. The number of benzene rings is 1. The largest absolute Gasteiger partial charge is 0.459 e. The molecule has 1 aromatic carbocycles. The van der Waals surface area contributed by atoms with Crippen molar-refractivity contribution in [1.29, 1.82) is 0 Å². The Morgan fingerprint density at radius 1 is 1.32 bits per heavy atom. The molecule has 6 heteroatoms. The van der Waals surface area contributed by atoms with Crippen molar-refractivity contribution < 1.29 is 14.0 Å². The molecule has 0 unspecified atom stereocenters. The van der Waals surface area contributed by atoms with E-state index in [1.807, 2.05) is 24.3 Å². The van der Waals surface area contributed by atoms with Crippen molar-refractivity contribution in [2.75, 3.05) is 17.2 Å². The summed E-state index contributed by atoms with van der Waals surface area (Å²) in [5.74, 6) is 0.553. The third kappa shape index (κ3) is 2.74. The first kappa shape index (κ1) is 14.7. The number of carbonyl (C=O) groups excluding carboxylic acids is 2. The lowest BCUT2D eigenvalue weighted by atomic mass is 10.1. The summed E-state index contributed by atoms with van der Waals surface area (Å²) in [6.45, 7) is 0.795. The van der Waals surface area contributed by atoms with Gasteiger partial charge in [-0.15, -0.1) is 0 Å². The Labute approximate surface area is 133 Å². The molecule has 5 nitrogen and oxygen atoms in total. The molecule has 1 N–H and O–H groups in total. The van der Waals surface area contributed by atoms with E-state index in [0.29, 0.717) is 30.8 Å². The molecule has 22 heavy (non-hydrogen) atoms. The number of anilines is 1. The van der Waals surface area contributed by atoms with E-state index in [-0.39, 0.29) is 17.6 Å². The molecule has 2 amide bonds. The Kier molecular flexibility index (Phi) is 4.20. The van der Waals surface area contributed by atoms with Crippen molar-refractivity contribution in [3.8, 4) is 0 Å². The van der Waals surface area contributed by atoms with Crippen LogP contribution in [0.15, 0.2) is 41.0 Å². The highest BCUT2D eigenvalue weighted by Gasteiger charge is 2.28. The zero-order chi connectivity index (χ0) is 15.5. The minimum Gasteiger partial charge on any atom is -0.459 e. The number of hydrogen-bond donors (Lipinski definition) is 2. The second-order valence-electron chi connectivity index (χ2n) is 5.04. The van der Waals surface area contributed by atoms with Crippen molar-refractivity contribution in [2.24, 2.45) is 0 Å². The zero-order valence-corrected chi connectivity index (χ0v) is 12.8. The van der Waals surface area contributed by atoms with Crippen LogP contribution in [-0.4, -0.2) is 24.1 Å². The van der Waals surface area contributed by atoms with Gasteiger partial charge in [-0.05, 0) is 17.7 Å². The molecular formula is C16H16N2O3S. The Bertz CT molecular complexity index is 711. The molecule has 3 rings (SSSR count). The van der Waals surface area contributed by atoms with Crippen LogP contribution in [0.2, 0.25) is 0 Å². The highest BCUT2D eigenvalue weighted by atomic mass is 32.1. The Morgan fingerprint density at radius 3 is 2.95 bits per heavy atom. The predicted octanol–water partition coefficient (Wildman–Crippen LogP) is 2.03. The van der Waals surface area contributed by atoms with E-state index >= 15 is 0 Å². The molecule has 1 aromatic heterocycles. The molecular weight excluding hydrogens is 300 g/mol. The number of nitrogens with one attached hydrogen (secondary N) is 1. The molecule has 0 bridgehead atoms.